The Kier molecular flexibility index (Phi) is 4.44. The van der Waals surface area contributed by atoms with Gasteiger partial charge in [-0.3, -0.25) is 4.79 Å². The molecule has 0 saturated carbocycles. The minimum absolute atomic E-state index is 0.206. The number of aromatic nitrogens is 1. The summed E-state index contributed by atoms with van der Waals surface area (Å²) in [4.78, 5) is 29.3. The molecule has 1 aromatic carbocycles. The first kappa shape index (κ1) is 16.3. The third kappa shape index (κ3) is 3.35. The molecule has 0 bridgehead atoms. The summed E-state index contributed by atoms with van der Waals surface area (Å²) in [5.74, 6) is 0.390. The molecule has 1 fully saturated rings. The van der Waals surface area contributed by atoms with Gasteiger partial charge in [0.1, 0.15) is 11.9 Å². The van der Waals surface area contributed by atoms with E-state index in [0.717, 1.165) is 5.56 Å². The summed E-state index contributed by atoms with van der Waals surface area (Å²) in [5.41, 5.74) is 0.936. The summed E-state index contributed by atoms with van der Waals surface area (Å²) >= 11 is 5.86. The van der Waals surface area contributed by atoms with Crippen molar-refractivity contribution in [2.24, 2.45) is 0 Å². The summed E-state index contributed by atoms with van der Waals surface area (Å²) in [6.45, 7) is 2.33. The van der Waals surface area contributed by atoms with Crippen LogP contribution in [0.25, 0.3) is 11.5 Å². The van der Waals surface area contributed by atoms with Crippen molar-refractivity contribution in [2.75, 3.05) is 20.1 Å². The van der Waals surface area contributed by atoms with Gasteiger partial charge in [0.05, 0.1) is 13.1 Å². The number of rotatable bonds is 4. The van der Waals surface area contributed by atoms with E-state index in [1.165, 1.54) is 4.90 Å². The first-order chi connectivity index (χ1) is 11.4. The Morgan fingerprint density at radius 1 is 1.42 bits per heavy atom. The Bertz CT molecular complexity index is 772. The van der Waals surface area contributed by atoms with Crippen LogP contribution in [0.1, 0.15) is 16.2 Å². The number of aryl methyl sites for hydroxylation is 1. The SMILES string of the molecule is Cc1oc(-c2ccc(Cl)cc2)nc1C(=O)NC[C@@H]1CN(C)C(=O)O1. The van der Waals surface area contributed by atoms with Crippen LogP contribution in [-0.4, -0.2) is 48.1 Å². The number of halogens is 1. The molecule has 3 rings (SSSR count). The average molecular weight is 350 g/mol. The highest BCUT2D eigenvalue weighted by Crippen LogP contribution is 2.23. The molecule has 24 heavy (non-hydrogen) atoms. The largest absolute Gasteiger partial charge is 0.442 e. The Morgan fingerprint density at radius 2 is 2.12 bits per heavy atom. The molecule has 1 aliphatic rings. The van der Waals surface area contributed by atoms with Gasteiger partial charge in [-0.25, -0.2) is 9.78 Å². The fourth-order valence-electron chi connectivity index (χ4n) is 2.37. The van der Waals surface area contributed by atoms with Crippen LogP contribution in [-0.2, 0) is 4.74 Å². The highest BCUT2D eigenvalue weighted by molar-refractivity contribution is 6.30. The minimum Gasteiger partial charge on any atom is -0.442 e. The van der Waals surface area contributed by atoms with Crippen molar-refractivity contribution in [1.82, 2.24) is 15.2 Å². The molecular weight excluding hydrogens is 334 g/mol. The quantitative estimate of drug-likeness (QED) is 0.916. The zero-order valence-electron chi connectivity index (χ0n) is 13.2. The molecule has 8 heteroatoms. The van der Waals surface area contributed by atoms with E-state index < -0.39 is 6.09 Å². The lowest BCUT2D eigenvalue weighted by molar-refractivity contribution is 0.0909. The number of cyclic esters (lactones) is 1. The van der Waals surface area contributed by atoms with Gasteiger partial charge in [-0.1, -0.05) is 11.6 Å². The Labute approximate surface area is 143 Å². The summed E-state index contributed by atoms with van der Waals surface area (Å²) in [7, 11) is 1.64. The van der Waals surface area contributed by atoms with Crippen LogP contribution in [0, 0.1) is 6.92 Å². The van der Waals surface area contributed by atoms with Gasteiger partial charge < -0.3 is 19.4 Å². The van der Waals surface area contributed by atoms with Crippen LogP contribution in [0.15, 0.2) is 28.7 Å². The molecule has 0 aliphatic carbocycles. The number of benzene rings is 1. The van der Waals surface area contributed by atoms with E-state index in [2.05, 4.69) is 10.3 Å². The van der Waals surface area contributed by atoms with Gasteiger partial charge >= 0.3 is 6.09 Å². The maximum atomic E-state index is 12.3. The van der Waals surface area contributed by atoms with Crippen molar-refractivity contribution in [3.05, 3.63) is 40.7 Å². The molecule has 1 N–H and O–H groups in total. The fourth-order valence-corrected chi connectivity index (χ4v) is 2.50. The second kappa shape index (κ2) is 6.52. The van der Waals surface area contributed by atoms with E-state index in [1.54, 1.807) is 38.2 Å². The van der Waals surface area contributed by atoms with Crippen LogP contribution in [0.4, 0.5) is 4.79 Å². The number of carbonyl (C=O) groups is 2. The Hall–Kier alpha value is -2.54. The number of likely N-dealkylation sites (N-methyl/N-ethyl adjacent to an activating group) is 1. The Balaban J connectivity index is 1.67. The molecule has 2 amide bonds. The van der Waals surface area contributed by atoms with Crippen molar-refractivity contribution in [1.29, 1.82) is 0 Å². The van der Waals surface area contributed by atoms with Crippen LogP contribution >= 0.6 is 11.6 Å². The number of carbonyl (C=O) groups excluding carboxylic acids is 2. The van der Waals surface area contributed by atoms with E-state index in [0.29, 0.717) is 23.2 Å². The predicted octanol–water partition coefficient (Wildman–Crippen LogP) is 2.48. The second-order valence-corrected chi connectivity index (χ2v) is 5.96. The molecule has 2 aromatic rings. The second-order valence-electron chi connectivity index (χ2n) is 5.53. The van der Waals surface area contributed by atoms with Gasteiger partial charge in [-0.15, -0.1) is 0 Å². The molecule has 0 unspecified atom stereocenters. The van der Waals surface area contributed by atoms with Crippen molar-refractivity contribution in [2.45, 2.75) is 13.0 Å². The molecule has 126 valence electrons. The topological polar surface area (TPSA) is 84.7 Å². The number of nitrogens with one attached hydrogen (secondary N) is 1. The van der Waals surface area contributed by atoms with E-state index in [-0.39, 0.29) is 24.2 Å². The lowest BCUT2D eigenvalue weighted by Crippen LogP contribution is -2.34. The van der Waals surface area contributed by atoms with Gasteiger partial charge in [-0.2, -0.15) is 0 Å². The molecule has 1 aromatic heterocycles. The summed E-state index contributed by atoms with van der Waals surface area (Å²) in [6, 6.07) is 6.98. The number of oxazole rings is 1. The van der Waals surface area contributed by atoms with Gasteiger partial charge in [0, 0.05) is 17.6 Å². The van der Waals surface area contributed by atoms with Crippen molar-refractivity contribution in [3.8, 4) is 11.5 Å². The molecular formula is C16H16ClN3O4. The lowest BCUT2D eigenvalue weighted by Gasteiger charge is -2.08. The van der Waals surface area contributed by atoms with E-state index in [9.17, 15) is 9.59 Å². The first-order valence-corrected chi connectivity index (χ1v) is 7.75. The molecule has 1 aliphatic heterocycles. The minimum atomic E-state index is -0.392. The Morgan fingerprint density at radius 3 is 2.75 bits per heavy atom. The van der Waals surface area contributed by atoms with E-state index >= 15 is 0 Å². The van der Waals surface area contributed by atoms with Crippen LogP contribution in [0.3, 0.4) is 0 Å². The number of ether oxygens (including phenoxy) is 1. The summed E-state index contributed by atoms with van der Waals surface area (Å²) in [5, 5.41) is 3.32. The molecule has 2 heterocycles. The van der Waals surface area contributed by atoms with Gasteiger partial charge in [-0.05, 0) is 31.2 Å². The normalized spacial score (nSPS) is 17.0. The maximum absolute atomic E-state index is 12.3. The molecule has 0 spiro atoms. The molecule has 7 nitrogen and oxygen atoms in total. The standard InChI is InChI=1S/C16H16ClN3O4/c1-9-13(14(21)18-7-12-8-20(2)16(22)24-12)19-15(23-9)10-3-5-11(17)6-4-10/h3-6,12H,7-8H2,1-2H3,(H,18,21)/t12-/m1/s1. The van der Waals surface area contributed by atoms with Gasteiger partial charge in [0.2, 0.25) is 5.89 Å². The number of hydrogen-bond donors (Lipinski definition) is 1. The van der Waals surface area contributed by atoms with Crippen LogP contribution in [0.5, 0.6) is 0 Å². The third-order valence-corrected chi connectivity index (χ3v) is 3.90. The number of nitrogens with zero attached hydrogens (tertiary/aromatic N) is 2. The fraction of sp³-hybridized carbons (Fsp3) is 0.312. The van der Waals surface area contributed by atoms with E-state index in [4.69, 9.17) is 20.8 Å². The first-order valence-electron chi connectivity index (χ1n) is 7.37. The monoisotopic (exact) mass is 349 g/mol. The summed E-state index contributed by atoms with van der Waals surface area (Å²) in [6.07, 6.45) is -0.758. The predicted molar refractivity (Wildman–Crippen MR) is 86.9 cm³/mol. The van der Waals surface area contributed by atoms with Gasteiger partial charge in [0.25, 0.3) is 5.91 Å². The van der Waals surface area contributed by atoms with E-state index in [1.807, 2.05) is 0 Å². The third-order valence-electron chi connectivity index (χ3n) is 3.65. The summed E-state index contributed by atoms with van der Waals surface area (Å²) < 4.78 is 10.7. The molecule has 1 atom stereocenters. The average Bonchev–Trinajstić information content (AvgIpc) is 3.09. The zero-order chi connectivity index (χ0) is 17.3. The van der Waals surface area contributed by atoms with Crippen molar-refractivity contribution >= 4 is 23.6 Å². The van der Waals surface area contributed by atoms with Crippen LogP contribution < -0.4 is 5.32 Å². The van der Waals surface area contributed by atoms with Crippen molar-refractivity contribution < 1.29 is 18.7 Å². The lowest BCUT2D eigenvalue weighted by atomic mass is 10.2. The van der Waals surface area contributed by atoms with Crippen molar-refractivity contribution in [3.63, 3.8) is 0 Å². The highest BCUT2D eigenvalue weighted by Gasteiger charge is 2.29. The number of hydrogen-bond acceptors (Lipinski definition) is 5. The number of amides is 2. The smallest absolute Gasteiger partial charge is 0.410 e. The van der Waals surface area contributed by atoms with Crippen LogP contribution in [0.2, 0.25) is 5.02 Å². The maximum Gasteiger partial charge on any atom is 0.410 e. The molecule has 0 radical (unpaired) electrons. The molecule has 1 saturated heterocycles. The zero-order valence-corrected chi connectivity index (χ0v) is 14.0. The highest BCUT2D eigenvalue weighted by atomic mass is 35.5. The van der Waals surface area contributed by atoms with Gasteiger partial charge in [0.15, 0.2) is 5.69 Å².